The topological polar surface area (TPSA) is 50.9 Å². The second-order valence-corrected chi connectivity index (χ2v) is 4.96. The van der Waals surface area contributed by atoms with Crippen LogP contribution in [0.3, 0.4) is 0 Å². The van der Waals surface area contributed by atoms with Crippen molar-refractivity contribution in [1.82, 2.24) is 4.98 Å². The van der Waals surface area contributed by atoms with Crippen LogP contribution in [-0.4, -0.2) is 4.98 Å². The van der Waals surface area contributed by atoms with E-state index in [1.54, 1.807) is 6.20 Å². The predicted octanol–water partition coefficient (Wildman–Crippen LogP) is 4.13. The van der Waals surface area contributed by atoms with Gasteiger partial charge in [-0.15, -0.1) is 0 Å². The zero-order valence-electron chi connectivity index (χ0n) is 9.17. The zero-order valence-corrected chi connectivity index (χ0v) is 11.5. The van der Waals surface area contributed by atoms with E-state index in [2.05, 4.69) is 26.2 Å². The van der Waals surface area contributed by atoms with E-state index >= 15 is 0 Å². The van der Waals surface area contributed by atoms with Crippen molar-refractivity contribution in [3.05, 3.63) is 45.5 Å². The van der Waals surface area contributed by atoms with E-state index in [-0.39, 0.29) is 0 Å². The van der Waals surface area contributed by atoms with E-state index in [1.807, 2.05) is 31.2 Å². The summed E-state index contributed by atoms with van der Waals surface area (Å²) in [5, 5.41) is 3.73. The number of halogens is 2. The first-order chi connectivity index (χ1) is 8.08. The van der Waals surface area contributed by atoms with Crippen LogP contribution in [0.4, 0.5) is 17.2 Å². The number of rotatable bonds is 2. The van der Waals surface area contributed by atoms with Gasteiger partial charge in [-0.1, -0.05) is 27.5 Å². The lowest BCUT2D eigenvalue weighted by Gasteiger charge is -2.11. The highest BCUT2D eigenvalue weighted by Gasteiger charge is 2.06. The van der Waals surface area contributed by atoms with Gasteiger partial charge < -0.3 is 11.1 Å². The average Bonchev–Trinajstić information content (AvgIpc) is 2.28. The summed E-state index contributed by atoms with van der Waals surface area (Å²) in [5.74, 6) is 0.620. The van der Waals surface area contributed by atoms with Gasteiger partial charge in [-0.2, -0.15) is 0 Å². The molecule has 0 radical (unpaired) electrons. The molecule has 5 heteroatoms. The monoisotopic (exact) mass is 311 g/mol. The summed E-state index contributed by atoms with van der Waals surface area (Å²) in [6, 6.07) is 7.45. The minimum Gasteiger partial charge on any atom is -0.396 e. The molecule has 88 valence electrons. The maximum absolute atomic E-state index is 6.11. The summed E-state index contributed by atoms with van der Waals surface area (Å²) >= 11 is 9.47. The predicted molar refractivity (Wildman–Crippen MR) is 75.8 cm³/mol. The Bertz CT molecular complexity index is 557. The van der Waals surface area contributed by atoms with Gasteiger partial charge in [0.15, 0.2) is 5.82 Å². The highest BCUT2D eigenvalue weighted by Crippen LogP contribution is 2.30. The lowest BCUT2D eigenvalue weighted by atomic mass is 10.2. The number of benzene rings is 1. The highest BCUT2D eigenvalue weighted by atomic mass is 79.9. The molecule has 1 aromatic heterocycles. The molecule has 2 aromatic rings. The Hall–Kier alpha value is -1.26. The van der Waals surface area contributed by atoms with Gasteiger partial charge in [0.25, 0.3) is 0 Å². The van der Waals surface area contributed by atoms with Gasteiger partial charge in [-0.25, -0.2) is 4.98 Å². The fourth-order valence-electron chi connectivity index (χ4n) is 1.39. The van der Waals surface area contributed by atoms with Crippen molar-refractivity contribution in [2.45, 2.75) is 6.92 Å². The third kappa shape index (κ3) is 2.70. The van der Waals surface area contributed by atoms with Gasteiger partial charge in [0.1, 0.15) is 0 Å². The first-order valence-corrected chi connectivity index (χ1v) is 6.18. The first kappa shape index (κ1) is 12.2. The summed E-state index contributed by atoms with van der Waals surface area (Å²) in [6.07, 6.45) is 1.71. The van der Waals surface area contributed by atoms with Crippen molar-refractivity contribution in [1.29, 1.82) is 0 Å². The summed E-state index contributed by atoms with van der Waals surface area (Å²) in [5.41, 5.74) is 8.32. The van der Waals surface area contributed by atoms with Crippen molar-refractivity contribution in [2.24, 2.45) is 0 Å². The van der Waals surface area contributed by atoms with Crippen molar-refractivity contribution in [2.75, 3.05) is 11.1 Å². The van der Waals surface area contributed by atoms with Gasteiger partial charge in [-0.05, 0) is 36.8 Å². The van der Waals surface area contributed by atoms with Crippen molar-refractivity contribution in [3.63, 3.8) is 0 Å². The largest absolute Gasteiger partial charge is 0.396 e. The summed E-state index contributed by atoms with van der Waals surface area (Å²) in [6.45, 7) is 1.94. The molecule has 0 saturated carbocycles. The number of nitrogen functional groups attached to an aromatic ring is 1. The molecule has 3 nitrogen and oxygen atoms in total. The maximum Gasteiger partial charge on any atom is 0.153 e. The molecule has 0 bridgehead atoms. The second kappa shape index (κ2) is 4.94. The third-order valence-electron chi connectivity index (χ3n) is 2.39. The number of nitrogens with one attached hydrogen (secondary N) is 1. The van der Waals surface area contributed by atoms with Crippen molar-refractivity contribution < 1.29 is 0 Å². The van der Waals surface area contributed by atoms with Crippen LogP contribution in [0.2, 0.25) is 5.02 Å². The third-order valence-corrected chi connectivity index (χ3v) is 3.20. The fraction of sp³-hybridized carbons (Fsp3) is 0.0833. The minimum atomic E-state index is 0.613. The minimum absolute atomic E-state index is 0.613. The number of anilines is 3. The molecule has 17 heavy (non-hydrogen) atoms. The number of aromatic nitrogens is 1. The summed E-state index contributed by atoms with van der Waals surface area (Å²) in [7, 11) is 0. The number of nitrogens with two attached hydrogens (primary N) is 1. The SMILES string of the molecule is Cc1ccnc(Nc2ccc(Br)cc2Cl)c1N. The van der Waals surface area contributed by atoms with Crippen LogP contribution in [0, 0.1) is 6.92 Å². The molecule has 0 fully saturated rings. The van der Waals surface area contributed by atoms with E-state index in [1.165, 1.54) is 0 Å². The van der Waals surface area contributed by atoms with Crippen LogP contribution in [0.1, 0.15) is 5.56 Å². The van der Waals surface area contributed by atoms with E-state index in [0.717, 1.165) is 15.7 Å². The molecule has 0 amide bonds. The standard InChI is InChI=1S/C12H11BrClN3/c1-7-4-5-16-12(11(7)15)17-10-3-2-8(13)6-9(10)14/h2-6H,15H2,1H3,(H,16,17). The lowest BCUT2D eigenvalue weighted by molar-refractivity contribution is 1.28. The van der Waals surface area contributed by atoms with Gasteiger partial charge in [-0.3, -0.25) is 0 Å². The average molecular weight is 313 g/mol. The quantitative estimate of drug-likeness (QED) is 0.876. The Morgan fingerprint density at radius 1 is 1.35 bits per heavy atom. The van der Waals surface area contributed by atoms with E-state index < -0.39 is 0 Å². The van der Waals surface area contributed by atoms with E-state index in [4.69, 9.17) is 17.3 Å². The van der Waals surface area contributed by atoms with Crippen LogP contribution in [-0.2, 0) is 0 Å². The Morgan fingerprint density at radius 2 is 2.12 bits per heavy atom. The summed E-state index contributed by atoms with van der Waals surface area (Å²) in [4.78, 5) is 4.19. The molecule has 2 rings (SSSR count). The molecular formula is C12H11BrClN3. The smallest absolute Gasteiger partial charge is 0.153 e. The Kier molecular flexibility index (Phi) is 3.54. The Labute approximate surface area is 113 Å². The molecule has 1 aromatic carbocycles. The second-order valence-electron chi connectivity index (χ2n) is 3.64. The molecule has 0 aliphatic heterocycles. The highest BCUT2D eigenvalue weighted by molar-refractivity contribution is 9.10. The van der Waals surface area contributed by atoms with Crippen LogP contribution in [0.15, 0.2) is 34.9 Å². The van der Waals surface area contributed by atoms with Gasteiger partial charge in [0.05, 0.1) is 16.4 Å². The van der Waals surface area contributed by atoms with Crippen LogP contribution < -0.4 is 11.1 Å². The molecule has 3 N–H and O–H groups in total. The lowest BCUT2D eigenvalue weighted by Crippen LogP contribution is -2.01. The first-order valence-electron chi connectivity index (χ1n) is 5.01. The van der Waals surface area contributed by atoms with Gasteiger partial charge in [0.2, 0.25) is 0 Å². The molecule has 0 saturated heterocycles. The van der Waals surface area contributed by atoms with Crippen LogP contribution >= 0.6 is 27.5 Å². The van der Waals surface area contributed by atoms with Crippen molar-refractivity contribution in [3.8, 4) is 0 Å². The fourth-order valence-corrected chi connectivity index (χ4v) is 2.11. The number of pyridine rings is 1. The van der Waals surface area contributed by atoms with Gasteiger partial charge >= 0.3 is 0 Å². The molecule has 0 aliphatic rings. The number of hydrogen-bond donors (Lipinski definition) is 2. The number of nitrogens with zero attached hydrogens (tertiary/aromatic N) is 1. The van der Waals surface area contributed by atoms with Crippen molar-refractivity contribution >= 4 is 44.7 Å². The van der Waals surface area contributed by atoms with Gasteiger partial charge in [0, 0.05) is 10.7 Å². The maximum atomic E-state index is 6.11. The molecular weight excluding hydrogens is 302 g/mol. The molecule has 0 unspecified atom stereocenters. The molecule has 1 heterocycles. The number of hydrogen-bond acceptors (Lipinski definition) is 3. The number of aryl methyl sites for hydroxylation is 1. The normalized spacial score (nSPS) is 10.3. The van der Waals surface area contributed by atoms with E-state index in [0.29, 0.717) is 16.5 Å². The zero-order chi connectivity index (χ0) is 12.4. The van der Waals surface area contributed by atoms with Crippen LogP contribution in [0.5, 0.6) is 0 Å². The van der Waals surface area contributed by atoms with E-state index in [9.17, 15) is 0 Å². The molecule has 0 aliphatic carbocycles. The Balaban J connectivity index is 2.35. The Morgan fingerprint density at radius 3 is 2.82 bits per heavy atom. The van der Waals surface area contributed by atoms with Crippen LogP contribution in [0.25, 0.3) is 0 Å². The molecule has 0 atom stereocenters. The molecule has 0 spiro atoms. The summed E-state index contributed by atoms with van der Waals surface area (Å²) < 4.78 is 0.929.